The van der Waals surface area contributed by atoms with Crippen LogP contribution >= 0.6 is 11.3 Å². The summed E-state index contributed by atoms with van der Waals surface area (Å²) >= 11 is 1.25. The predicted molar refractivity (Wildman–Crippen MR) is 133 cm³/mol. The first-order valence-corrected chi connectivity index (χ1v) is 11.9. The Morgan fingerprint density at radius 1 is 1.03 bits per heavy atom. The number of allylic oxidation sites excluding steroid dienone is 1. The molecule has 0 unspecified atom stereocenters. The standard InChI is InChI=1S/C28H21FN2O3S/c1-18-24(27(33)34-17-20-10-6-3-7-11-20)25(21-12-14-22(29)15-13-21)31-26(32)23(35-28(31)30-18)16-19-8-4-2-5-9-19/h2-16,25H,17H2,1H3/b23-16+/t25-/m1/s1. The van der Waals surface area contributed by atoms with Gasteiger partial charge >= 0.3 is 5.97 Å². The zero-order chi connectivity index (χ0) is 24.4. The first-order chi connectivity index (χ1) is 17.0. The number of nitrogens with zero attached hydrogens (tertiary/aromatic N) is 2. The highest BCUT2D eigenvalue weighted by Crippen LogP contribution is 2.31. The number of esters is 1. The lowest BCUT2D eigenvalue weighted by molar-refractivity contribution is -0.140. The number of hydrogen-bond acceptors (Lipinski definition) is 5. The number of carbonyl (C=O) groups excluding carboxylic acids is 1. The van der Waals surface area contributed by atoms with E-state index in [0.29, 0.717) is 20.6 Å². The van der Waals surface area contributed by atoms with Crippen LogP contribution in [0.4, 0.5) is 4.39 Å². The Kier molecular flexibility index (Phi) is 6.25. The number of halogens is 1. The Bertz CT molecular complexity index is 1590. The van der Waals surface area contributed by atoms with Crippen molar-refractivity contribution in [2.45, 2.75) is 19.6 Å². The maximum absolute atomic E-state index is 13.7. The Balaban J connectivity index is 1.61. The largest absolute Gasteiger partial charge is 0.457 e. The summed E-state index contributed by atoms with van der Waals surface area (Å²) in [6.07, 6.45) is 1.80. The summed E-state index contributed by atoms with van der Waals surface area (Å²) < 4.78 is 21.3. The Morgan fingerprint density at radius 2 is 1.69 bits per heavy atom. The lowest BCUT2D eigenvalue weighted by Gasteiger charge is -2.24. The molecule has 0 saturated carbocycles. The van der Waals surface area contributed by atoms with Crippen LogP contribution in [0.2, 0.25) is 0 Å². The molecule has 4 aromatic rings. The monoisotopic (exact) mass is 484 g/mol. The van der Waals surface area contributed by atoms with Crippen LogP contribution in [-0.4, -0.2) is 10.5 Å². The van der Waals surface area contributed by atoms with Gasteiger partial charge in [-0.2, -0.15) is 0 Å². The van der Waals surface area contributed by atoms with Crippen molar-refractivity contribution in [1.29, 1.82) is 0 Å². The topological polar surface area (TPSA) is 60.7 Å². The molecule has 1 atom stereocenters. The molecule has 1 aliphatic heterocycles. The quantitative estimate of drug-likeness (QED) is 0.401. The van der Waals surface area contributed by atoms with Crippen LogP contribution in [0, 0.1) is 5.82 Å². The molecule has 0 bridgehead atoms. The highest BCUT2D eigenvalue weighted by Gasteiger charge is 2.33. The fraction of sp³-hybridized carbons (Fsp3) is 0.107. The molecule has 0 saturated heterocycles. The van der Waals surface area contributed by atoms with E-state index in [1.807, 2.05) is 60.7 Å². The molecular formula is C28H21FN2O3S. The van der Waals surface area contributed by atoms with E-state index in [4.69, 9.17) is 4.74 Å². The van der Waals surface area contributed by atoms with Gasteiger partial charge in [-0.25, -0.2) is 14.2 Å². The first-order valence-electron chi connectivity index (χ1n) is 11.1. The molecular weight excluding hydrogens is 463 g/mol. The zero-order valence-electron chi connectivity index (χ0n) is 18.9. The fourth-order valence-corrected chi connectivity index (χ4v) is 5.09. The van der Waals surface area contributed by atoms with Crippen LogP contribution in [0.15, 0.2) is 106 Å². The molecule has 5 rings (SSSR count). The van der Waals surface area contributed by atoms with Gasteiger partial charge in [-0.3, -0.25) is 9.36 Å². The Hall–Kier alpha value is -4.10. The van der Waals surface area contributed by atoms with Crippen LogP contribution in [-0.2, 0) is 16.1 Å². The van der Waals surface area contributed by atoms with Crippen LogP contribution in [0.1, 0.15) is 29.7 Å². The SMILES string of the molecule is CC1=C(C(=O)OCc2ccccc2)[C@@H](c2ccc(F)cc2)n2c(s/c(=C/c3ccccc3)c2=O)=N1. The van der Waals surface area contributed by atoms with E-state index in [1.165, 1.54) is 28.0 Å². The Morgan fingerprint density at radius 3 is 2.37 bits per heavy atom. The van der Waals surface area contributed by atoms with Crippen LogP contribution < -0.4 is 14.9 Å². The van der Waals surface area contributed by atoms with Crippen molar-refractivity contribution in [1.82, 2.24) is 4.57 Å². The van der Waals surface area contributed by atoms with Gasteiger partial charge in [0.1, 0.15) is 12.4 Å². The number of fused-ring (bicyclic) bond motifs is 1. The molecule has 35 heavy (non-hydrogen) atoms. The zero-order valence-corrected chi connectivity index (χ0v) is 19.7. The summed E-state index contributed by atoms with van der Waals surface area (Å²) in [7, 11) is 0. The molecule has 5 nitrogen and oxygen atoms in total. The highest BCUT2D eigenvalue weighted by molar-refractivity contribution is 7.07. The average molecular weight is 485 g/mol. The van der Waals surface area contributed by atoms with Crippen molar-refractivity contribution < 1.29 is 13.9 Å². The second kappa shape index (κ2) is 9.64. The van der Waals surface area contributed by atoms with Crippen molar-refractivity contribution in [3.63, 3.8) is 0 Å². The molecule has 0 N–H and O–H groups in total. The molecule has 0 amide bonds. The van der Waals surface area contributed by atoms with Gasteiger partial charge in [0.2, 0.25) is 0 Å². The molecule has 3 aromatic carbocycles. The van der Waals surface area contributed by atoms with E-state index in [-0.39, 0.29) is 17.7 Å². The molecule has 0 spiro atoms. The summed E-state index contributed by atoms with van der Waals surface area (Å²) in [5, 5.41) is 0. The number of ether oxygens (including phenoxy) is 1. The minimum Gasteiger partial charge on any atom is -0.457 e. The van der Waals surface area contributed by atoms with Crippen molar-refractivity contribution in [2.75, 3.05) is 0 Å². The van der Waals surface area contributed by atoms with Gasteiger partial charge in [-0.05, 0) is 41.8 Å². The number of thiazole rings is 1. The minimum atomic E-state index is -0.784. The summed E-state index contributed by atoms with van der Waals surface area (Å²) in [5.41, 5.74) is 2.77. The fourth-order valence-electron chi connectivity index (χ4n) is 4.04. The smallest absolute Gasteiger partial charge is 0.338 e. The Labute approximate surface area is 204 Å². The third kappa shape index (κ3) is 4.63. The number of hydrogen-bond donors (Lipinski definition) is 0. The highest BCUT2D eigenvalue weighted by atomic mass is 32.1. The molecule has 1 aliphatic rings. The summed E-state index contributed by atoms with van der Waals surface area (Å²) in [6.45, 7) is 1.81. The van der Waals surface area contributed by atoms with Crippen LogP contribution in [0.25, 0.3) is 6.08 Å². The molecule has 174 valence electrons. The van der Waals surface area contributed by atoms with Gasteiger partial charge in [-0.1, -0.05) is 84.1 Å². The third-order valence-corrected chi connectivity index (χ3v) is 6.72. The minimum absolute atomic E-state index is 0.0883. The number of benzene rings is 3. The van der Waals surface area contributed by atoms with E-state index in [0.717, 1.165) is 11.1 Å². The van der Waals surface area contributed by atoms with E-state index >= 15 is 0 Å². The molecule has 7 heteroatoms. The van der Waals surface area contributed by atoms with E-state index in [1.54, 1.807) is 25.1 Å². The summed E-state index contributed by atoms with van der Waals surface area (Å²) in [5.74, 6) is -0.971. The maximum atomic E-state index is 13.7. The number of rotatable bonds is 5. The van der Waals surface area contributed by atoms with Crippen molar-refractivity contribution >= 4 is 23.4 Å². The van der Waals surface area contributed by atoms with Gasteiger partial charge in [0.15, 0.2) is 4.80 Å². The first kappa shape index (κ1) is 22.7. The van der Waals surface area contributed by atoms with Crippen molar-refractivity contribution in [3.05, 3.63) is 138 Å². The second-order valence-corrected chi connectivity index (χ2v) is 9.11. The predicted octanol–water partition coefficient (Wildman–Crippen LogP) is 4.12. The van der Waals surface area contributed by atoms with Crippen LogP contribution in [0.5, 0.6) is 0 Å². The van der Waals surface area contributed by atoms with E-state index in [2.05, 4.69) is 4.99 Å². The molecule has 2 heterocycles. The molecule has 1 aromatic heterocycles. The lowest BCUT2D eigenvalue weighted by atomic mass is 9.96. The van der Waals surface area contributed by atoms with Gasteiger partial charge < -0.3 is 4.74 Å². The lowest BCUT2D eigenvalue weighted by Crippen LogP contribution is -2.39. The average Bonchev–Trinajstić information content (AvgIpc) is 3.17. The van der Waals surface area contributed by atoms with Gasteiger partial charge in [0, 0.05) is 0 Å². The second-order valence-electron chi connectivity index (χ2n) is 8.11. The maximum Gasteiger partial charge on any atom is 0.338 e. The summed E-state index contributed by atoms with van der Waals surface area (Å²) in [4.78, 5) is 31.9. The molecule has 0 aliphatic carbocycles. The van der Waals surface area contributed by atoms with E-state index < -0.39 is 17.8 Å². The number of aromatic nitrogens is 1. The van der Waals surface area contributed by atoms with Crippen LogP contribution in [0.3, 0.4) is 0 Å². The normalized spacial score (nSPS) is 15.5. The van der Waals surface area contributed by atoms with E-state index in [9.17, 15) is 14.0 Å². The van der Waals surface area contributed by atoms with Crippen molar-refractivity contribution in [2.24, 2.45) is 4.99 Å². The third-order valence-electron chi connectivity index (χ3n) is 5.74. The number of carbonyl (C=O) groups is 1. The molecule has 0 radical (unpaired) electrons. The summed E-state index contributed by atoms with van der Waals surface area (Å²) in [6, 6.07) is 23.9. The molecule has 0 fully saturated rings. The van der Waals surface area contributed by atoms with Crippen molar-refractivity contribution in [3.8, 4) is 0 Å². The van der Waals surface area contributed by atoms with Gasteiger partial charge in [0.25, 0.3) is 5.56 Å². The van der Waals surface area contributed by atoms with Gasteiger partial charge in [0.05, 0.1) is 21.8 Å². The van der Waals surface area contributed by atoms with Gasteiger partial charge in [-0.15, -0.1) is 0 Å².